The predicted octanol–water partition coefficient (Wildman–Crippen LogP) is 2.27. The summed E-state index contributed by atoms with van der Waals surface area (Å²) in [6.07, 6.45) is 7.22. The Morgan fingerprint density at radius 3 is 2.67 bits per heavy atom. The van der Waals surface area contributed by atoms with Gasteiger partial charge in [0.05, 0.1) is 13.2 Å². The second-order valence-electron chi connectivity index (χ2n) is 6.92. The maximum absolute atomic E-state index is 9.52. The minimum Gasteiger partial charge on any atom is -0.394 e. The van der Waals surface area contributed by atoms with Crippen LogP contribution >= 0.6 is 0 Å². The van der Waals surface area contributed by atoms with Crippen molar-refractivity contribution in [1.82, 2.24) is 10.2 Å². The van der Waals surface area contributed by atoms with Crippen LogP contribution in [0.2, 0.25) is 0 Å². The Hall–Kier alpha value is -0.160. The van der Waals surface area contributed by atoms with Crippen molar-refractivity contribution in [2.75, 3.05) is 46.5 Å². The highest BCUT2D eigenvalue weighted by molar-refractivity contribution is 4.81. The molecule has 1 rings (SSSR count). The second-order valence-corrected chi connectivity index (χ2v) is 6.92. The van der Waals surface area contributed by atoms with E-state index < -0.39 is 0 Å². The standard InChI is InChI=1S/C17H36N2O2/c1-4-10-18-17(2,15-20)9-5-6-11-19(3)12-13-21-14-16-7-8-16/h16,18,20H,4-15H2,1-3H3. The first kappa shape index (κ1) is 18.9. The minimum absolute atomic E-state index is 0.109. The van der Waals surface area contributed by atoms with E-state index in [1.54, 1.807) is 0 Å². The Morgan fingerprint density at radius 1 is 1.29 bits per heavy atom. The van der Waals surface area contributed by atoms with Crippen molar-refractivity contribution >= 4 is 0 Å². The predicted molar refractivity (Wildman–Crippen MR) is 88.7 cm³/mol. The van der Waals surface area contributed by atoms with Gasteiger partial charge in [-0.05, 0) is 65.1 Å². The van der Waals surface area contributed by atoms with Gasteiger partial charge in [0.2, 0.25) is 0 Å². The first-order chi connectivity index (χ1) is 10.1. The normalized spacial score (nSPS) is 18.1. The molecule has 0 spiro atoms. The third-order valence-electron chi connectivity index (χ3n) is 4.34. The average Bonchev–Trinajstić information content (AvgIpc) is 3.30. The lowest BCUT2D eigenvalue weighted by atomic mass is 9.95. The van der Waals surface area contributed by atoms with Crippen LogP contribution in [0.25, 0.3) is 0 Å². The van der Waals surface area contributed by atoms with Gasteiger partial charge in [0.1, 0.15) is 0 Å². The molecule has 4 nitrogen and oxygen atoms in total. The number of hydrogen-bond acceptors (Lipinski definition) is 4. The molecule has 0 aliphatic heterocycles. The van der Waals surface area contributed by atoms with Crippen molar-refractivity contribution < 1.29 is 9.84 Å². The van der Waals surface area contributed by atoms with Gasteiger partial charge >= 0.3 is 0 Å². The number of rotatable bonds is 14. The molecule has 21 heavy (non-hydrogen) atoms. The van der Waals surface area contributed by atoms with Crippen molar-refractivity contribution in [3.8, 4) is 0 Å². The van der Waals surface area contributed by atoms with Crippen molar-refractivity contribution in [3.63, 3.8) is 0 Å². The topological polar surface area (TPSA) is 44.7 Å². The summed E-state index contributed by atoms with van der Waals surface area (Å²) in [5.74, 6) is 0.863. The summed E-state index contributed by atoms with van der Waals surface area (Å²) in [6.45, 7) is 9.45. The Bertz CT molecular complexity index is 259. The molecule has 0 radical (unpaired) electrons. The van der Waals surface area contributed by atoms with Crippen LogP contribution in [0.5, 0.6) is 0 Å². The number of aliphatic hydroxyl groups excluding tert-OH is 1. The molecule has 0 aromatic carbocycles. The van der Waals surface area contributed by atoms with E-state index in [1.807, 2.05) is 0 Å². The fourth-order valence-electron chi connectivity index (χ4n) is 2.41. The van der Waals surface area contributed by atoms with E-state index in [0.717, 1.165) is 58.0 Å². The summed E-state index contributed by atoms with van der Waals surface area (Å²) in [5, 5.41) is 13.0. The largest absolute Gasteiger partial charge is 0.394 e. The fourth-order valence-corrected chi connectivity index (χ4v) is 2.41. The summed E-state index contributed by atoms with van der Waals surface area (Å²) in [5.41, 5.74) is -0.109. The van der Waals surface area contributed by atoms with E-state index in [9.17, 15) is 5.11 Å². The first-order valence-electron chi connectivity index (χ1n) is 8.72. The Labute approximate surface area is 131 Å². The summed E-state index contributed by atoms with van der Waals surface area (Å²) in [7, 11) is 2.17. The van der Waals surface area contributed by atoms with E-state index in [-0.39, 0.29) is 12.1 Å². The summed E-state index contributed by atoms with van der Waals surface area (Å²) in [6, 6.07) is 0. The highest BCUT2D eigenvalue weighted by Gasteiger charge is 2.22. The molecule has 1 fully saturated rings. The third kappa shape index (κ3) is 9.46. The van der Waals surface area contributed by atoms with Gasteiger partial charge < -0.3 is 20.1 Å². The van der Waals surface area contributed by atoms with Gasteiger partial charge in [-0.2, -0.15) is 0 Å². The highest BCUT2D eigenvalue weighted by atomic mass is 16.5. The van der Waals surface area contributed by atoms with Crippen LogP contribution in [-0.4, -0.2) is 62.0 Å². The zero-order chi connectivity index (χ0) is 15.6. The number of nitrogens with zero attached hydrogens (tertiary/aromatic N) is 1. The number of unbranched alkanes of at least 4 members (excludes halogenated alkanes) is 1. The maximum atomic E-state index is 9.52. The van der Waals surface area contributed by atoms with Crippen LogP contribution in [0.4, 0.5) is 0 Å². The summed E-state index contributed by atoms with van der Waals surface area (Å²) >= 11 is 0. The molecule has 4 heteroatoms. The summed E-state index contributed by atoms with van der Waals surface area (Å²) in [4.78, 5) is 2.35. The van der Waals surface area contributed by atoms with Crippen LogP contribution in [0.3, 0.4) is 0 Å². The zero-order valence-electron chi connectivity index (χ0n) is 14.4. The molecule has 0 heterocycles. The third-order valence-corrected chi connectivity index (χ3v) is 4.34. The van der Waals surface area contributed by atoms with Crippen molar-refractivity contribution in [1.29, 1.82) is 0 Å². The molecule has 1 unspecified atom stereocenters. The highest BCUT2D eigenvalue weighted by Crippen LogP contribution is 2.28. The molecular formula is C17H36N2O2. The minimum atomic E-state index is -0.109. The van der Waals surface area contributed by atoms with E-state index in [1.165, 1.54) is 19.3 Å². The van der Waals surface area contributed by atoms with Crippen LogP contribution in [-0.2, 0) is 4.74 Å². The van der Waals surface area contributed by atoms with Gasteiger partial charge in [-0.3, -0.25) is 0 Å². The first-order valence-corrected chi connectivity index (χ1v) is 8.72. The van der Waals surface area contributed by atoms with Gasteiger partial charge in [0.15, 0.2) is 0 Å². The maximum Gasteiger partial charge on any atom is 0.0610 e. The lowest BCUT2D eigenvalue weighted by molar-refractivity contribution is 0.102. The van der Waals surface area contributed by atoms with E-state index >= 15 is 0 Å². The molecule has 0 aromatic heterocycles. The van der Waals surface area contributed by atoms with Crippen molar-refractivity contribution in [2.24, 2.45) is 5.92 Å². The summed E-state index contributed by atoms with van der Waals surface area (Å²) < 4.78 is 5.67. The molecule has 0 amide bonds. The van der Waals surface area contributed by atoms with Crippen LogP contribution in [0.1, 0.15) is 52.4 Å². The number of nitrogens with one attached hydrogen (secondary N) is 1. The quantitative estimate of drug-likeness (QED) is 0.483. The van der Waals surface area contributed by atoms with Gasteiger partial charge in [-0.1, -0.05) is 13.3 Å². The second kappa shape index (κ2) is 10.5. The smallest absolute Gasteiger partial charge is 0.0610 e. The Morgan fingerprint density at radius 2 is 2.05 bits per heavy atom. The molecule has 1 aliphatic rings. The lowest BCUT2D eigenvalue weighted by Gasteiger charge is -2.29. The molecular weight excluding hydrogens is 264 g/mol. The molecule has 2 N–H and O–H groups in total. The molecule has 1 aliphatic carbocycles. The molecule has 1 atom stereocenters. The van der Waals surface area contributed by atoms with Gasteiger partial charge in [-0.25, -0.2) is 0 Å². The molecule has 0 bridgehead atoms. The average molecular weight is 300 g/mol. The molecule has 1 saturated carbocycles. The van der Waals surface area contributed by atoms with Crippen LogP contribution in [0.15, 0.2) is 0 Å². The lowest BCUT2D eigenvalue weighted by Crippen LogP contribution is -2.46. The van der Waals surface area contributed by atoms with Crippen molar-refractivity contribution in [2.45, 2.75) is 57.9 Å². The van der Waals surface area contributed by atoms with Crippen molar-refractivity contribution in [3.05, 3.63) is 0 Å². The van der Waals surface area contributed by atoms with Crippen LogP contribution in [0, 0.1) is 5.92 Å². The van der Waals surface area contributed by atoms with Gasteiger partial charge in [0, 0.05) is 18.7 Å². The van der Waals surface area contributed by atoms with Gasteiger partial charge in [-0.15, -0.1) is 0 Å². The van der Waals surface area contributed by atoms with Crippen LogP contribution < -0.4 is 5.32 Å². The SMILES string of the molecule is CCCNC(C)(CO)CCCCN(C)CCOCC1CC1. The fraction of sp³-hybridized carbons (Fsp3) is 1.00. The number of aliphatic hydroxyl groups is 1. The monoisotopic (exact) mass is 300 g/mol. The molecule has 126 valence electrons. The van der Waals surface area contributed by atoms with Gasteiger partial charge in [0.25, 0.3) is 0 Å². The number of likely N-dealkylation sites (N-methyl/N-ethyl adjacent to an activating group) is 1. The van der Waals surface area contributed by atoms with E-state index in [4.69, 9.17) is 4.74 Å². The van der Waals surface area contributed by atoms with E-state index in [0.29, 0.717) is 0 Å². The Kier molecular flexibility index (Phi) is 9.49. The number of ether oxygens (including phenoxy) is 1. The Balaban J connectivity index is 1.97. The number of hydrogen-bond donors (Lipinski definition) is 2. The van der Waals surface area contributed by atoms with E-state index in [2.05, 4.69) is 31.1 Å². The molecule has 0 saturated heterocycles. The zero-order valence-corrected chi connectivity index (χ0v) is 14.4. The molecule has 0 aromatic rings.